The molecule has 1 saturated carbocycles. The molecule has 0 bridgehead atoms. The van der Waals surface area contributed by atoms with Crippen molar-refractivity contribution in [1.29, 1.82) is 0 Å². The maximum absolute atomic E-state index is 12.1. The smallest absolute Gasteiger partial charge is 0.223 e. The first-order chi connectivity index (χ1) is 8.08. The number of nitrogens with one attached hydrogen (secondary N) is 1. The number of carbonyl (C=O) groups is 1. The Morgan fingerprint density at radius 1 is 1.29 bits per heavy atom. The van der Waals surface area contributed by atoms with Gasteiger partial charge < -0.3 is 11.1 Å². The molecule has 2 unspecified atom stereocenters. The third-order valence-corrected chi connectivity index (χ3v) is 4.42. The average Bonchev–Trinajstić information content (AvgIpc) is 2.37. The first kappa shape index (κ1) is 14.5. The number of hydrogen-bond acceptors (Lipinski definition) is 2. The van der Waals surface area contributed by atoms with Crippen LogP contribution in [0.1, 0.15) is 52.9 Å². The number of hydrogen-bond donors (Lipinski definition) is 2. The lowest BCUT2D eigenvalue weighted by atomic mass is 9.81. The maximum atomic E-state index is 12.1. The van der Waals surface area contributed by atoms with Crippen LogP contribution in [0.3, 0.4) is 0 Å². The molecule has 0 aromatic rings. The molecule has 1 aliphatic rings. The fourth-order valence-electron chi connectivity index (χ4n) is 2.50. The van der Waals surface area contributed by atoms with Crippen molar-refractivity contribution < 1.29 is 4.79 Å². The molecule has 1 fully saturated rings. The van der Waals surface area contributed by atoms with Gasteiger partial charge in [0, 0.05) is 12.0 Å². The second-order valence-electron chi connectivity index (χ2n) is 5.64. The highest BCUT2D eigenvalue weighted by molar-refractivity contribution is 5.79. The van der Waals surface area contributed by atoms with E-state index in [0.29, 0.717) is 17.9 Å². The maximum Gasteiger partial charge on any atom is 0.223 e. The van der Waals surface area contributed by atoms with Crippen LogP contribution in [0.5, 0.6) is 0 Å². The van der Waals surface area contributed by atoms with Crippen molar-refractivity contribution in [3.63, 3.8) is 0 Å². The van der Waals surface area contributed by atoms with Gasteiger partial charge in [-0.3, -0.25) is 4.79 Å². The molecule has 0 spiro atoms. The van der Waals surface area contributed by atoms with Crippen LogP contribution in [0.4, 0.5) is 0 Å². The molecule has 0 aliphatic heterocycles. The normalized spacial score (nSPS) is 28.5. The number of nitrogens with two attached hydrogens (primary N) is 1. The van der Waals surface area contributed by atoms with Gasteiger partial charge in [0.1, 0.15) is 0 Å². The molecule has 100 valence electrons. The Labute approximate surface area is 106 Å². The van der Waals surface area contributed by atoms with Crippen molar-refractivity contribution in [2.24, 2.45) is 23.5 Å². The topological polar surface area (TPSA) is 55.1 Å². The monoisotopic (exact) mass is 240 g/mol. The van der Waals surface area contributed by atoms with E-state index in [0.717, 1.165) is 38.6 Å². The molecule has 0 heterocycles. The first-order valence-corrected chi connectivity index (χ1v) is 7.08. The van der Waals surface area contributed by atoms with Gasteiger partial charge in [-0.1, -0.05) is 20.3 Å². The molecule has 1 rings (SSSR count). The molecule has 0 aromatic heterocycles. The van der Waals surface area contributed by atoms with Crippen molar-refractivity contribution in [2.45, 2.75) is 58.9 Å². The Bertz CT molecular complexity index is 234. The molecule has 1 amide bonds. The Morgan fingerprint density at radius 2 is 1.88 bits per heavy atom. The van der Waals surface area contributed by atoms with Crippen molar-refractivity contribution in [2.75, 3.05) is 6.54 Å². The second kappa shape index (κ2) is 7.00. The lowest BCUT2D eigenvalue weighted by Crippen LogP contribution is -2.41. The van der Waals surface area contributed by atoms with Crippen LogP contribution in [-0.4, -0.2) is 18.5 Å². The van der Waals surface area contributed by atoms with E-state index >= 15 is 0 Å². The summed E-state index contributed by atoms with van der Waals surface area (Å²) in [5.74, 6) is 1.68. The van der Waals surface area contributed by atoms with Gasteiger partial charge >= 0.3 is 0 Å². The largest absolute Gasteiger partial charge is 0.353 e. The Kier molecular flexibility index (Phi) is 5.96. The summed E-state index contributed by atoms with van der Waals surface area (Å²) < 4.78 is 0. The molecule has 3 heteroatoms. The molecule has 0 aromatic carbocycles. The van der Waals surface area contributed by atoms with Gasteiger partial charge in [-0.25, -0.2) is 0 Å². The third kappa shape index (κ3) is 4.30. The van der Waals surface area contributed by atoms with Gasteiger partial charge in [0.05, 0.1) is 0 Å². The minimum absolute atomic E-state index is 0.226. The minimum atomic E-state index is 0.226. The predicted octanol–water partition coefficient (Wildman–Crippen LogP) is 2.30. The molecule has 3 N–H and O–H groups in total. The van der Waals surface area contributed by atoms with E-state index < -0.39 is 0 Å². The van der Waals surface area contributed by atoms with Gasteiger partial charge in [-0.15, -0.1) is 0 Å². The van der Waals surface area contributed by atoms with E-state index in [4.69, 9.17) is 5.73 Å². The van der Waals surface area contributed by atoms with Crippen molar-refractivity contribution >= 4 is 5.91 Å². The first-order valence-electron chi connectivity index (χ1n) is 7.08. The van der Waals surface area contributed by atoms with E-state index in [1.165, 1.54) is 0 Å². The number of rotatable bonds is 5. The summed E-state index contributed by atoms with van der Waals surface area (Å²) in [6.07, 6.45) is 5.38. The Morgan fingerprint density at radius 3 is 2.35 bits per heavy atom. The highest BCUT2D eigenvalue weighted by Gasteiger charge is 2.26. The van der Waals surface area contributed by atoms with E-state index in [-0.39, 0.29) is 11.8 Å². The van der Waals surface area contributed by atoms with Crippen molar-refractivity contribution in [3.8, 4) is 0 Å². The lowest BCUT2D eigenvalue weighted by molar-refractivity contribution is -0.127. The van der Waals surface area contributed by atoms with Crippen LogP contribution in [0, 0.1) is 17.8 Å². The van der Waals surface area contributed by atoms with Crippen LogP contribution in [0.25, 0.3) is 0 Å². The molecule has 17 heavy (non-hydrogen) atoms. The summed E-state index contributed by atoms with van der Waals surface area (Å²) in [6, 6.07) is 0.291. The zero-order chi connectivity index (χ0) is 12.8. The van der Waals surface area contributed by atoms with Crippen LogP contribution in [0.15, 0.2) is 0 Å². The summed E-state index contributed by atoms with van der Waals surface area (Å²) in [5, 5.41) is 3.16. The summed E-state index contributed by atoms with van der Waals surface area (Å²) in [6.45, 7) is 7.24. The molecule has 0 radical (unpaired) electrons. The van der Waals surface area contributed by atoms with Gasteiger partial charge in [0.2, 0.25) is 5.91 Å². The van der Waals surface area contributed by atoms with Gasteiger partial charge in [0.25, 0.3) is 0 Å². The SMILES string of the molecule is CCC(C)C(C)NC(=O)C1CCC(CN)CC1. The Balaban J connectivity index is 2.34. The van der Waals surface area contributed by atoms with Gasteiger partial charge in [-0.05, 0) is 51.0 Å². The number of carbonyl (C=O) groups excluding carboxylic acids is 1. The van der Waals surface area contributed by atoms with Gasteiger partial charge in [0.15, 0.2) is 0 Å². The zero-order valence-corrected chi connectivity index (χ0v) is 11.5. The zero-order valence-electron chi connectivity index (χ0n) is 11.5. The second-order valence-corrected chi connectivity index (χ2v) is 5.64. The van der Waals surface area contributed by atoms with Crippen LogP contribution in [0.2, 0.25) is 0 Å². The molecule has 1 aliphatic carbocycles. The summed E-state index contributed by atoms with van der Waals surface area (Å²) in [5.41, 5.74) is 5.66. The minimum Gasteiger partial charge on any atom is -0.353 e. The highest BCUT2D eigenvalue weighted by Crippen LogP contribution is 2.28. The highest BCUT2D eigenvalue weighted by atomic mass is 16.1. The van der Waals surface area contributed by atoms with Crippen molar-refractivity contribution in [3.05, 3.63) is 0 Å². The standard InChI is InChI=1S/C14H28N2O/c1-4-10(2)11(3)16-14(17)13-7-5-12(9-15)6-8-13/h10-13H,4-9,15H2,1-3H3,(H,16,17). The fourth-order valence-corrected chi connectivity index (χ4v) is 2.50. The molecule has 0 saturated heterocycles. The average molecular weight is 240 g/mol. The quantitative estimate of drug-likeness (QED) is 0.774. The van der Waals surface area contributed by atoms with Crippen LogP contribution < -0.4 is 11.1 Å². The molecule has 3 nitrogen and oxygen atoms in total. The fraction of sp³-hybridized carbons (Fsp3) is 0.929. The predicted molar refractivity (Wildman–Crippen MR) is 71.6 cm³/mol. The van der Waals surface area contributed by atoms with E-state index in [2.05, 4.69) is 26.1 Å². The molecular weight excluding hydrogens is 212 g/mol. The molecular formula is C14H28N2O. The van der Waals surface area contributed by atoms with Crippen LogP contribution >= 0.6 is 0 Å². The molecule has 2 atom stereocenters. The third-order valence-electron chi connectivity index (χ3n) is 4.42. The van der Waals surface area contributed by atoms with Crippen molar-refractivity contribution in [1.82, 2.24) is 5.32 Å². The van der Waals surface area contributed by atoms with E-state index in [1.54, 1.807) is 0 Å². The van der Waals surface area contributed by atoms with Gasteiger partial charge in [-0.2, -0.15) is 0 Å². The summed E-state index contributed by atoms with van der Waals surface area (Å²) in [4.78, 5) is 12.1. The van der Waals surface area contributed by atoms with E-state index in [9.17, 15) is 4.79 Å². The Hall–Kier alpha value is -0.570. The van der Waals surface area contributed by atoms with E-state index in [1.807, 2.05) is 0 Å². The number of amides is 1. The summed E-state index contributed by atoms with van der Waals surface area (Å²) >= 11 is 0. The van der Waals surface area contributed by atoms with Crippen LogP contribution in [-0.2, 0) is 4.79 Å². The lowest BCUT2D eigenvalue weighted by Gasteiger charge is -2.29. The summed E-state index contributed by atoms with van der Waals surface area (Å²) in [7, 11) is 0.